The molecule has 1 aromatic rings. The Morgan fingerprint density at radius 1 is 0.944 bits per heavy atom. The van der Waals surface area contributed by atoms with Gasteiger partial charge in [-0.15, -0.1) is 0 Å². The van der Waals surface area contributed by atoms with Crippen molar-refractivity contribution in [2.24, 2.45) is 0 Å². The van der Waals surface area contributed by atoms with Crippen molar-refractivity contribution in [1.82, 2.24) is 5.32 Å². The van der Waals surface area contributed by atoms with Gasteiger partial charge in [0.15, 0.2) is 0 Å². The minimum atomic E-state index is 0.900. The molecule has 0 heterocycles. The molecule has 1 N–H and O–H groups in total. The van der Waals surface area contributed by atoms with E-state index in [9.17, 15) is 0 Å². The second-order valence-corrected chi connectivity index (χ2v) is 5.27. The lowest BCUT2D eigenvalue weighted by Gasteiger charge is -2.06. The van der Waals surface area contributed by atoms with E-state index in [0.717, 1.165) is 24.5 Å². The average Bonchev–Trinajstić information content (AvgIpc) is 2.39. The summed E-state index contributed by atoms with van der Waals surface area (Å²) in [7, 11) is 0. The normalized spacial score (nSPS) is 10.8. The molecule has 0 fully saturated rings. The molecule has 102 valence electrons. The zero-order valence-corrected chi connectivity index (χ0v) is 12.3. The molecule has 0 atom stereocenters. The highest BCUT2D eigenvalue weighted by molar-refractivity contribution is 6.31. The topological polar surface area (TPSA) is 12.0 Å². The highest BCUT2D eigenvalue weighted by Gasteiger charge is 1.98. The van der Waals surface area contributed by atoms with E-state index in [4.69, 9.17) is 11.6 Å². The number of halogens is 1. The maximum atomic E-state index is 6.11. The van der Waals surface area contributed by atoms with Crippen molar-refractivity contribution in [3.63, 3.8) is 0 Å². The summed E-state index contributed by atoms with van der Waals surface area (Å²) in [5.41, 5.74) is 1.27. The SMILES string of the molecule is CCCCCCCNCCCc1ccccc1Cl. The van der Waals surface area contributed by atoms with Crippen LogP contribution in [-0.4, -0.2) is 13.1 Å². The van der Waals surface area contributed by atoms with Gasteiger partial charge in [-0.3, -0.25) is 0 Å². The van der Waals surface area contributed by atoms with Crippen LogP contribution in [0.4, 0.5) is 0 Å². The summed E-state index contributed by atoms with van der Waals surface area (Å²) in [5.74, 6) is 0. The van der Waals surface area contributed by atoms with E-state index in [1.807, 2.05) is 12.1 Å². The Balaban J connectivity index is 1.94. The monoisotopic (exact) mass is 267 g/mol. The highest BCUT2D eigenvalue weighted by Crippen LogP contribution is 2.16. The van der Waals surface area contributed by atoms with Gasteiger partial charge in [0.2, 0.25) is 0 Å². The fourth-order valence-electron chi connectivity index (χ4n) is 2.08. The smallest absolute Gasteiger partial charge is 0.0437 e. The molecule has 0 saturated heterocycles. The summed E-state index contributed by atoms with van der Waals surface area (Å²) in [4.78, 5) is 0. The summed E-state index contributed by atoms with van der Waals surface area (Å²) in [5, 5.41) is 4.41. The fraction of sp³-hybridized carbons (Fsp3) is 0.625. The zero-order chi connectivity index (χ0) is 13.1. The molecule has 0 aliphatic rings. The molecule has 0 radical (unpaired) electrons. The Hall–Kier alpha value is -0.530. The summed E-state index contributed by atoms with van der Waals surface area (Å²) in [6.45, 7) is 4.51. The Bertz CT molecular complexity index is 312. The minimum Gasteiger partial charge on any atom is -0.317 e. The maximum absolute atomic E-state index is 6.11. The van der Waals surface area contributed by atoms with Gasteiger partial charge in [0.25, 0.3) is 0 Å². The minimum absolute atomic E-state index is 0.900. The lowest BCUT2D eigenvalue weighted by atomic mass is 10.1. The Morgan fingerprint density at radius 3 is 2.44 bits per heavy atom. The summed E-state index contributed by atoms with van der Waals surface area (Å²) in [6, 6.07) is 8.13. The van der Waals surface area contributed by atoms with E-state index in [1.165, 1.54) is 44.1 Å². The van der Waals surface area contributed by atoms with E-state index < -0.39 is 0 Å². The number of rotatable bonds is 10. The second kappa shape index (κ2) is 10.4. The van der Waals surface area contributed by atoms with Crippen molar-refractivity contribution >= 4 is 11.6 Å². The molecule has 0 aliphatic heterocycles. The van der Waals surface area contributed by atoms with Crippen LogP contribution in [0.15, 0.2) is 24.3 Å². The molecular weight excluding hydrogens is 242 g/mol. The number of benzene rings is 1. The van der Waals surface area contributed by atoms with E-state index in [-0.39, 0.29) is 0 Å². The van der Waals surface area contributed by atoms with Gasteiger partial charge in [-0.2, -0.15) is 0 Å². The van der Waals surface area contributed by atoms with Crippen LogP contribution >= 0.6 is 11.6 Å². The van der Waals surface area contributed by atoms with Gasteiger partial charge in [-0.05, 0) is 44.0 Å². The fourth-order valence-corrected chi connectivity index (χ4v) is 2.31. The summed E-state index contributed by atoms with van der Waals surface area (Å²) >= 11 is 6.11. The summed E-state index contributed by atoms with van der Waals surface area (Å²) in [6.07, 6.45) is 9.01. The molecule has 0 aliphatic carbocycles. The van der Waals surface area contributed by atoms with Gasteiger partial charge in [-0.1, -0.05) is 62.4 Å². The predicted octanol–water partition coefficient (Wildman–Crippen LogP) is 4.83. The first kappa shape index (κ1) is 15.5. The van der Waals surface area contributed by atoms with Crippen LogP contribution in [0.3, 0.4) is 0 Å². The third-order valence-electron chi connectivity index (χ3n) is 3.21. The Morgan fingerprint density at radius 2 is 1.67 bits per heavy atom. The number of hydrogen-bond acceptors (Lipinski definition) is 1. The van der Waals surface area contributed by atoms with Crippen molar-refractivity contribution in [2.75, 3.05) is 13.1 Å². The van der Waals surface area contributed by atoms with Gasteiger partial charge in [-0.25, -0.2) is 0 Å². The van der Waals surface area contributed by atoms with Crippen LogP contribution in [0.25, 0.3) is 0 Å². The quantitative estimate of drug-likeness (QED) is 0.599. The molecule has 0 unspecified atom stereocenters. The number of aryl methyl sites for hydroxylation is 1. The van der Waals surface area contributed by atoms with E-state index in [0.29, 0.717) is 0 Å². The molecule has 0 saturated carbocycles. The van der Waals surface area contributed by atoms with Crippen molar-refractivity contribution in [1.29, 1.82) is 0 Å². The standard InChI is InChI=1S/C16H26ClN/c1-2-3-4-5-8-13-18-14-9-11-15-10-6-7-12-16(15)17/h6-7,10,12,18H,2-5,8-9,11,13-14H2,1H3. The molecule has 0 bridgehead atoms. The molecule has 18 heavy (non-hydrogen) atoms. The van der Waals surface area contributed by atoms with Crippen LogP contribution in [0.2, 0.25) is 5.02 Å². The maximum Gasteiger partial charge on any atom is 0.0437 e. The first-order valence-corrected chi connectivity index (χ1v) is 7.66. The highest BCUT2D eigenvalue weighted by atomic mass is 35.5. The van der Waals surface area contributed by atoms with Crippen LogP contribution < -0.4 is 5.32 Å². The lowest BCUT2D eigenvalue weighted by Crippen LogP contribution is -2.17. The third-order valence-corrected chi connectivity index (χ3v) is 3.58. The van der Waals surface area contributed by atoms with Crippen molar-refractivity contribution < 1.29 is 0 Å². The van der Waals surface area contributed by atoms with E-state index in [2.05, 4.69) is 24.4 Å². The van der Waals surface area contributed by atoms with Crippen LogP contribution in [-0.2, 0) is 6.42 Å². The van der Waals surface area contributed by atoms with Crippen molar-refractivity contribution in [3.8, 4) is 0 Å². The van der Waals surface area contributed by atoms with Gasteiger partial charge in [0, 0.05) is 5.02 Å². The largest absolute Gasteiger partial charge is 0.317 e. The number of nitrogens with one attached hydrogen (secondary N) is 1. The molecular formula is C16H26ClN. The first-order chi connectivity index (χ1) is 8.84. The molecule has 2 heteroatoms. The van der Waals surface area contributed by atoms with Gasteiger partial charge < -0.3 is 5.32 Å². The van der Waals surface area contributed by atoms with E-state index >= 15 is 0 Å². The van der Waals surface area contributed by atoms with Crippen molar-refractivity contribution in [2.45, 2.75) is 51.9 Å². The average molecular weight is 268 g/mol. The van der Waals surface area contributed by atoms with Gasteiger partial charge in [0.1, 0.15) is 0 Å². The van der Waals surface area contributed by atoms with Crippen molar-refractivity contribution in [3.05, 3.63) is 34.9 Å². The number of hydrogen-bond donors (Lipinski definition) is 1. The molecule has 0 spiro atoms. The van der Waals surface area contributed by atoms with Crippen LogP contribution in [0, 0.1) is 0 Å². The predicted molar refractivity (Wildman–Crippen MR) is 81.4 cm³/mol. The van der Waals surface area contributed by atoms with Gasteiger partial charge in [0.05, 0.1) is 0 Å². The lowest BCUT2D eigenvalue weighted by molar-refractivity contribution is 0.574. The van der Waals surface area contributed by atoms with E-state index in [1.54, 1.807) is 0 Å². The molecule has 1 aromatic carbocycles. The molecule has 0 aromatic heterocycles. The van der Waals surface area contributed by atoms with Gasteiger partial charge >= 0.3 is 0 Å². The molecule has 1 rings (SSSR count). The Kier molecular flexibility index (Phi) is 8.97. The molecule has 0 amide bonds. The zero-order valence-electron chi connectivity index (χ0n) is 11.6. The Labute approximate surface area is 117 Å². The first-order valence-electron chi connectivity index (χ1n) is 7.28. The third kappa shape index (κ3) is 7.03. The van der Waals surface area contributed by atoms with Crippen LogP contribution in [0.5, 0.6) is 0 Å². The summed E-state index contributed by atoms with van der Waals surface area (Å²) < 4.78 is 0. The molecule has 1 nitrogen and oxygen atoms in total. The number of unbranched alkanes of at least 4 members (excludes halogenated alkanes) is 4. The second-order valence-electron chi connectivity index (χ2n) is 4.86. The van der Waals surface area contributed by atoms with Crippen LogP contribution in [0.1, 0.15) is 51.0 Å².